The van der Waals surface area contributed by atoms with Crippen LogP contribution in [0, 0.1) is 12.8 Å². The van der Waals surface area contributed by atoms with Crippen LogP contribution >= 0.6 is 23.1 Å². The molecule has 0 saturated carbocycles. The first kappa shape index (κ1) is 19.3. The molecule has 0 aromatic carbocycles. The molecule has 26 heavy (non-hydrogen) atoms. The van der Waals surface area contributed by atoms with Crippen LogP contribution in [0.2, 0.25) is 0 Å². The van der Waals surface area contributed by atoms with Gasteiger partial charge in [0.2, 0.25) is 5.91 Å². The largest absolute Gasteiger partial charge is 0.324 e. The van der Waals surface area contributed by atoms with Gasteiger partial charge in [-0.1, -0.05) is 0 Å². The average Bonchev–Trinajstić information content (AvgIpc) is 3.10. The molecule has 0 spiro atoms. The Hall–Kier alpha value is -1.42. The number of carbonyl (C=O) groups is 1. The number of hydrogen-bond acceptors (Lipinski definition) is 6. The molecular formula is C17H21N3O3S3. The number of aryl methyl sites for hydroxylation is 1. The lowest BCUT2D eigenvalue weighted by Gasteiger charge is -2.30. The van der Waals surface area contributed by atoms with Gasteiger partial charge in [-0.25, -0.2) is 13.4 Å². The standard InChI is InChI=1S/C17H21N3O3S3/c1-12-5-8-16(25-12)26(22,23)20-9-3-4-13(11-20)17(21)19-14-6-7-15(24-2)18-10-14/h5-8,10,13H,3-4,9,11H2,1-2H3,(H,19,21). The normalized spacial score (nSPS) is 18.6. The molecule has 1 saturated heterocycles. The smallest absolute Gasteiger partial charge is 0.252 e. The number of nitrogens with zero attached hydrogens (tertiary/aromatic N) is 2. The number of thioether (sulfide) groups is 1. The predicted molar refractivity (Wildman–Crippen MR) is 105 cm³/mol. The van der Waals surface area contributed by atoms with Gasteiger partial charge in [0.25, 0.3) is 10.0 Å². The van der Waals surface area contributed by atoms with Crippen molar-refractivity contribution in [3.63, 3.8) is 0 Å². The van der Waals surface area contributed by atoms with Crippen LogP contribution in [-0.4, -0.2) is 43.0 Å². The van der Waals surface area contributed by atoms with Gasteiger partial charge in [-0.2, -0.15) is 4.31 Å². The Balaban J connectivity index is 1.68. The van der Waals surface area contributed by atoms with Crippen LogP contribution in [0.4, 0.5) is 5.69 Å². The maximum atomic E-state index is 12.8. The van der Waals surface area contributed by atoms with Gasteiger partial charge in [-0.05, 0) is 50.3 Å². The van der Waals surface area contributed by atoms with E-state index in [0.29, 0.717) is 29.3 Å². The van der Waals surface area contributed by atoms with Crippen molar-refractivity contribution in [2.75, 3.05) is 24.7 Å². The molecule has 1 atom stereocenters. The lowest BCUT2D eigenvalue weighted by molar-refractivity contribution is -0.120. The van der Waals surface area contributed by atoms with Crippen molar-refractivity contribution < 1.29 is 13.2 Å². The fourth-order valence-corrected chi connectivity index (χ4v) is 6.20. The summed E-state index contributed by atoms with van der Waals surface area (Å²) in [5, 5.41) is 3.73. The van der Waals surface area contributed by atoms with Gasteiger partial charge in [0.05, 0.1) is 22.8 Å². The molecule has 1 aliphatic heterocycles. The number of amides is 1. The summed E-state index contributed by atoms with van der Waals surface area (Å²) < 4.78 is 27.4. The van der Waals surface area contributed by atoms with E-state index in [2.05, 4.69) is 10.3 Å². The molecule has 0 bridgehead atoms. The minimum absolute atomic E-state index is 0.161. The minimum Gasteiger partial charge on any atom is -0.324 e. The van der Waals surface area contributed by atoms with Crippen LogP contribution in [0.3, 0.4) is 0 Å². The summed E-state index contributed by atoms with van der Waals surface area (Å²) >= 11 is 2.79. The second kappa shape index (κ2) is 8.08. The summed E-state index contributed by atoms with van der Waals surface area (Å²) in [5.74, 6) is -0.522. The van der Waals surface area contributed by atoms with Crippen molar-refractivity contribution in [3.8, 4) is 0 Å². The van der Waals surface area contributed by atoms with E-state index in [1.165, 1.54) is 27.4 Å². The molecule has 9 heteroatoms. The van der Waals surface area contributed by atoms with Gasteiger partial charge in [0.1, 0.15) is 4.21 Å². The number of carbonyl (C=O) groups excluding carboxylic acids is 1. The number of rotatable bonds is 5. The Kier molecular flexibility index (Phi) is 6.01. The van der Waals surface area contributed by atoms with E-state index in [1.807, 2.05) is 25.3 Å². The molecule has 0 aliphatic carbocycles. The van der Waals surface area contributed by atoms with E-state index in [1.54, 1.807) is 18.3 Å². The third-order valence-corrected chi connectivity index (χ3v) is 8.27. The highest BCUT2D eigenvalue weighted by molar-refractivity contribution is 7.98. The number of pyridine rings is 1. The monoisotopic (exact) mass is 411 g/mol. The third-order valence-electron chi connectivity index (χ3n) is 4.28. The second-order valence-corrected chi connectivity index (χ2v) is 10.4. The molecule has 1 amide bonds. The second-order valence-electron chi connectivity index (χ2n) is 6.15. The van der Waals surface area contributed by atoms with E-state index in [0.717, 1.165) is 9.90 Å². The highest BCUT2D eigenvalue weighted by Gasteiger charge is 2.34. The van der Waals surface area contributed by atoms with Gasteiger partial charge in [-0.15, -0.1) is 23.1 Å². The molecule has 1 unspecified atom stereocenters. The van der Waals surface area contributed by atoms with Gasteiger partial charge < -0.3 is 5.32 Å². The van der Waals surface area contributed by atoms with Crippen LogP contribution in [0.5, 0.6) is 0 Å². The summed E-state index contributed by atoms with van der Waals surface area (Å²) in [6.07, 6.45) is 4.91. The zero-order chi connectivity index (χ0) is 18.7. The van der Waals surface area contributed by atoms with E-state index >= 15 is 0 Å². The molecule has 2 aromatic rings. The van der Waals surface area contributed by atoms with Crippen molar-refractivity contribution in [2.45, 2.75) is 29.0 Å². The molecule has 3 heterocycles. The van der Waals surface area contributed by atoms with E-state index in [9.17, 15) is 13.2 Å². The number of sulfonamides is 1. The molecule has 3 rings (SSSR count). The highest BCUT2D eigenvalue weighted by atomic mass is 32.2. The summed E-state index contributed by atoms with van der Waals surface area (Å²) in [6.45, 7) is 2.54. The first-order valence-corrected chi connectivity index (χ1v) is 11.8. The zero-order valence-electron chi connectivity index (χ0n) is 14.6. The van der Waals surface area contributed by atoms with Crippen LogP contribution in [0.15, 0.2) is 39.7 Å². The quantitative estimate of drug-likeness (QED) is 0.764. The summed E-state index contributed by atoms with van der Waals surface area (Å²) in [5.41, 5.74) is 0.627. The molecule has 1 N–H and O–H groups in total. The number of hydrogen-bond donors (Lipinski definition) is 1. The van der Waals surface area contributed by atoms with Crippen LogP contribution in [0.1, 0.15) is 17.7 Å². The number of aromatic nitrogens is 1. The number of thiophene rings is 1. The van der Waals surface area contributed by atoms with Crippen molar-refractivity contribution in [1.29, 1.82) is 0 Å². The molecule has 6 nitrogen and oxygen atoms in total. The maximum Gasteiger partial charge on any atom is 0.252 e. The summed E-state index contributed by atoms with van der Waals surface area (Å²) in [6, 6.07) is 7.09. The van der Waals surface area contributed by atoms with Crippen LogP contribution in [0.25, 0.3) is 0 Å². The SMILES string of the molecule is CSc1ccc(NC(=O)C2CCCN(S(=O)(=O)c3ccc(C)s3)C2)cn1. The van der Waals surface area contributed by atoms with E-state index in [-0.39, 0.29) is 18.4 Å². The molecule has 140 valence electrons. The molecular weight excluding hydrogens is 390 g/mol. The average molecular weight is 412 g/mol. The van der Waals surface area contributed by atoms with Gasteiger partial charge in [0.15, 0.2) is 0 Å². The Morgan fingerprint density at radius 2 is 2.15 bits per heavy atom. The number of anilines is 1. The maximum absolute atomic E-state index is 12.8. The van der Waals surface area contributed by atoms with Crippen LogP contribution < -0.4 is 5.32 Å². The topological polar surface area (TPSA) is 79.4 Å². The summed E-state index contributed by atoms with van der Waals surface area (Å²) in [7, 11) is -3.53. The predicted octanol–water partition coefficient (Wildman–Crippen LogP) is 3.21. The Labute approximate surface area is 162 Å². The Morgan fingerprint density at radius 1 is 1.35 bits per heavy atom. The first-order valence-electron chi connectivity index (χ1n) is 8.27. The fourth-order valence-electron chi connectivity index (χ4n) is 2.87. The lowest BCUT2D eigenvalue weighted by Crippen LogP contribution is -2.43. The van der Waals surface area contributed by atoms with Crippen molar-refractivity contribution in [1.82, 2.24) is 9.29 Å². The Bertz CT molecular complexity index is 878. The van der Waals surface area contributed by atoms with Gasteiger partial charge in [0, 0.05) is 18.0 Å². The van der Waals surface area contributed by atoms with Crippen molar-refractivity contribution in [2.24, 2.45) is 5.92 Å². The fraction of sp³-hybridized carbons (Fsp3) is 0.412. The molecule has 1 fully saturated rings. The third kappa shape index (κ3) is 4.28. The molecule has 0 radical (unpaired) electrons. The van der Waals surface area contributed by atoms with Gasteiger partial charge >= 0.3 is 0 Å². The van der Waals surface area contributed by atoms with E-state index in [4.69, 9.17) is 0 Å². The Morgan fingerprint density at radius 3 is 2.77 bits per heavy atom. The highest BCUT2D eigenvalue weighted by Crippen LogP contribution is 2.28. The van der Waals surface area contributed by atoms with Crippen molar-refractivity contribution in [3.05, 3.63) is 35.3 Å². The number of nitrogens with one attached hydrogen (secondary N) is 1. The molecule has 1 aliphatic rings. The van der Waals surface area contributed by atoms with E-state index < -0.39 is 10.0 Å². The minimum atomic E-state index is -3.53. The number of piperidine rings is 1. The molecule has 2 aromatic heterocycles. The van der Waals surface area contributed by atoms with Gasteiger partial charge in [-0.3, -0.25) is 4.79 Å². The lowest BCUT2D eigenvalue weighted by atomic mass is 9.99. The summed E-state index contributed by atoms with van der Waals surface area (Å²) in [4.78, 5) is 17.8. The van der Waals surface area contributed by atoms with Crippen molar-refractivity contribution >= 4 is 44.7 Å². The van der Waals surface area contributed by atoms with Crippen LogP contribution in [-0.2, 0) is 14.8 Å². The first-order chi connectivity index (χ1) is 12.4. The zero-order valence-corrected chi connectivity index (χ0v) is 17.1.